The monoisotopic (exact) mass is 266 g/mol. The van der Waals surface area contributed by atoms with Crippen molar-refractivity contribution in [2.75, 3.05) is 23.7 Å². The lowest BCUT2D eigenvalue weighted by molar-refractivity contribution is -0.122. The Labute approximate surface area is 111 Å². The number of hydrogen-bond donors (Lipinski definition) is 2. The summed E-state index contributed by atoms with van der Waals surface area (Å²) < 4.78 is 5.42. The molecule has 0 bridgehead atoms. The summed E-state index contributed by atoms with van der Waals surface area (Å²) in [5, 5.41) is 2.78. The van der Waals surface area contributed by atoms with Gasteiger partial charge < -0.3 is 20.7 Å². The number of carbonyl (C=O) groups is 1. The number of amides is 1. The van der Waals surface area contributed by atoms with Crippen molar-refractivity contribution in [2.45, 2.75) is 32.9 Å². The molecule has 2 rings (SSSR count). The van der Waals surface area contributed by atoms with Crippen LogP contribution >= 0.6 is 0 Å². The number of nitrogens with two attached hydrogens (primary N) is 1. The van der Waals surface area contributed by atoms with E-state index in [0.29, 0.717) is 19.0 Å². The lowest BCUT2D eigenvalue weighted by Crippen LogP contribution is -2.54. The second kappa shape index (κ2) is 5.25. The summed E-state index contributed by atoms with van der Waals surface area (Å²) in [5.74, 6) is 0.390. The number of anilines is 2. The Bertz CT molecular complexity index is 478. The predicted octanol–water partition coefficient (Wildman–Crippen LogP) is -0.434. The van der Waals surface area contributed by atoms with Gasteiger partial charge in [0.05, 0.1) is 6.10 Å². The van der Waals surface area contributed by atoms with Gasteiger partial charge in [0.15, 0.2) is 0 Å². The van der Waals surface area contributed by atoms with E-state index in [1.807, 2.05) is 13.8 Å². The van der Waals surface area contributed by atoms with E-state index in [2.05, 4.69) is 20.3 Å². The molecule has 8 nitrogen and oxygen atoms in total. The van der Waals surface area contributed by atoms with E-state index >= 15 is 0 Å². The second-order valence-corrected chi connectivity index (χ2v) is 4.60. The summed E-state index contributed by atoms with van der Waals surface area (Å²) in [6.45, 7) is 6.71. The zero-order valence-electron chi connectivity index (χ0n) is 11.3. The first-order valence-electron chi connectivity index (χ1n) is 6.20. The number of hydrogen-bond acceptors (Lipinski definition) is 7. The number of rotatable bonds is 3. The van der Waals surface area contributed by atoms with E-state index in [0.717, 1.165) is 0 Å². The molecule has 1 fully saturated rings. The molecule has 0 spiro atoms. The van der Waals surface area contributed by atoms with Crippen LogP contribution in [0, 0.1) is 0 Å². The van der Waals surface area contributed by atoms with Crippen molar-refractivity contribution in [3.63, 3.8) is 0 Å². The van der Waals surface area contributed by atoms with Gasteiger partial charge in [0.25, 0.3) is 0 Å². The molecule has 2 heterocycles. The Morgan fingerprint density at radius 3 is 2.84 bits per heavy atom. The SMILES string of the molecule is CC(C)Oc1nc(N)nc(N2CCNC(=O)C2C)n1. The normalized spacial score (nSPS) is 19.5. The molecule has 0 radical (unpaired) electrons. The van der Waals surface area contributed by atoms with Gasteiger partial charge in [-0.1, -0.05) is 0 Å². The van der Waals surface area contributed by atoms with Gasteiger partial charge in [-0.3, -0.25) is 4.79 Å². The molecule has 1 aromatic rings. The lowest BCUT2D eigenvalue weighted by atomic mass is 10.2. The minimum absolute atomic E-state index is 0.0586. The molecule has 3 N–H and O–H groups in total. The Morgan fingerprint density at radius 1 is 1.42 bits per heavy atom. The molecule has 0 saturated carbocycles. The molecule has 0 aliphatic carbocycles. The van der Waals surface area contributed by atoms with Crippen LogP contribution < -0.4 is 20.7 Å². The molecule has 104 valence electrons. The molecule has 1 atom stereocenters. The molecular formula is C11H18N6O2. The second-order valence-electron chi connectivity index (χ2n) is 4.60. The number of aromatic nitrogens is 3. The van der Waals surface area contributed by atoms with E-state index in [9.17, 15) is 4.79 Å². The zero-order chi connectivity index (χ0) is 14.0. The van der Waals surface area contributed by atoms with Gasteiger partial charge in [-0.15, -0.1) is 0 Å². The van der Waals surface area contributed by atoms with Crippen molar-refractivity contribution >= 4 is 17.8 Å². The summed E-state index contributed by atoms with van der Waals surface area (Å²) in [7, 11) is 0. The van der Waals surface area contributed by atoms with Crippen molar-refractivity contribution in [3.8, 4) is 6.01 Å². The van der Waals surface area contributed by atoms with Crippen LogP contribution in [-0.2, 0) is 4.79 Å². The van der Waals surface area contributed by atoms with Crippen LogP contribution in [0.4, 0.5) is 11.9 Å². The Balaban J connectivity index is 2.28. The van der Waals surface area contributed by atoms with Gasteiger partial charge in [0.1, 0.15) is 6.04 Å². The van der Waals surface area contributed by atoms with E-state index in [1.165, 1.54) is 0 Å². The Hall–Kier alpha value is -2.12. The quantitative estimate of drug-likeness (QED) is 0.764. The third-order valence-corrected chi connectivity index (χ3v) is 2.72. The molecule has 1 unspecified atom stereocenters. The first-order chi connectivity index (χ1) is 8.97. The average molecular weight is 266 g/mol. The van der Waals surface area contributed by atoms with Crippen LogP contribution in [0.3, 0.4) is 0 Å². The Morgan fingerprint density at radius 2 is 2.16 bits per heavy atom. The highest BCUT2D eigenvalue weighted by Gasteiger charge is 2.28. The fourth-order valence-corrected chi connectivity index (χ4v) is 1.81. The lowest BCUT2D eigenvalue weighted by Gasteiger charge is -2.32. The minimum Gasteiger partial charge on any atom is -0.461 e. The maximum Gasteiger partial charge on any atom is 0.323 e. The number of carbonyl (C=O) groups excluding carboxylic acids is 1. The summed E-state index contributed by atoms with van der Waals surface area (Å²) in [5.41, 5.74) is 5.65. The highest BCUT2D eigenvalue weighted by molar-refractivity contribution is 5.85. The van der Waals surface area contributed by atoms with Crippen LogP contribution in [0.2, 0.25) is 0 Å². The van der Waals surface area contributed by atoms with Crippen LogP contribution in [0.5, 0.6) is 6.01 Å². The van der Waals surface area contributed by atoms with Crippen molar-refractivity contribution in [3.05, 3.63) is 0 Å². The summed E-state index contributed by atoms with van der Waals surface area (Å²) in [4.78, 5) is 25.6. The third kappa shape index (κ3) is 3.01. The molecular weight excluding hydrogens is 248 g/mol. The number of piperazine rings is 1. The van der Waals surface area contributed by atoms with Gasteiger partial charge >= 0.3 is 6.01 Å². The number of nitrogens with zero attached hydrogens (tertiary/aromatic N) is 4. The standard InChI is InChI=1S/C11H18N6O2/c1-6(2)19-11-15-9(12)14-10(16-11)17-5-4-13-8(18)7(17)3/h6-7H,4-5H2,1-3H3,(H,13,18)(H2,12,14,15,16). The summed E-state index contributed by atoms with van der Waals surface area (Å²) in [6, 6.07) is -0.168. The fourth-order valence-electron chi connectivity index (χ4n) is 1.81. The molecule has 8 heteroatoms. The molecule has 19 heavy (non-hydrogen) atoms. The van der Waals surface area contributed by atoms with Crippen LogP contribution in [0.25, 0.3) is 0 Å². The third-order valence-electron chi connectivity index (χ3n) is 2.72. The van der Waals surface area contributed by atoms with Gasteiger partial charge in [-0.2, -0.15) is 15.0 Å². The van der Waals surface area contributed by atoms with E-state index in [4.69, 9.17) is 10.5 Å². The first-order valence-corrected chi connectivity index (χ1v) is 6.20. The van der Waals surface area contributed by atoms with Gasteiger partial charge in [-0.25, -0.2) is 0 Å². The fraction of sp³-hybridized carbons (Fsp3) is 0.636. The zero-order valence-corrected chi connectivity index (χ0v) is 11.3. The van der Waals surface area contributed by atoms with E-state index in [1.54, 1.807) is 11.8 Å². The minimum atomic E-state index is -0.345. The van der Waals surface area contributed by atoms with E-state index < -0.39 is 0 Å². The summed E-state index contributed by atoms with van der Waals surface area (Å²) in [6.07, 6.45) is -0.0586. The molecule has 1 amide bonds. The number of nitrogens with one attached hydrogen (secondary N) is 1. The van der Waals surface area contributed by atoms with E-state index in [-0.39, 0.29) is 30.0 Å². The van der Waals surface area contributed by atoms with Crippen molar-refractivity contribution < 1.29 is 9.53 Å². The van der Waals surface area contributed by atoms with Crippen LogP contribution in [0.15, 0.2) is 0 Å². The number of nitrogen functional groups attached to an aromatic ring is 1. The van der Waals surface area contributed by atoms with Gasteiger partial charge in [-0.05, 0) is 20.8 Å². The molecule has 1 aliphatic rings. The largest absolute Gasteiger partial charge is 0.461 e. The van der Waals surface area contributed by atoms with Gasteiger partial charge in [0, 0.05) is 13.1 Å². The van der Waals surface area contributed by atoms with Crippen molar-refractivity contribution in [2.24, 2.45) is 0 Å². The van der Waals surface area contributed by atoms with Gasteiger partial charge in [0.2, 0.25) is 17.8 Å². The van der Waals surface area contributed by atoms with Crippen molar-refractivity contribution in [1.29, 1.82) is 0 Å². The van der Waals surface area contributed by atoms with Crippen LogP contribution in [0.1, 0.15) is 20.8 Å². The maximum atomic E-state index is 11.6. The summed E-state index contributed by atoms with van der Waals surface area (Å²) >= 11 is 0. The molecule has 0 aromatic carbocycles. The predicted molar refractivity (Wildman–Crippen MR) is 69.8 cm³/mol. The smallest absolute Gasteiger partial charge is 0.323 e. The average Bonchev–Trinajstić information content (AvgIpc) is 2.31. The first kappa shape index (κ1) is 13.3. The highest BCUT2D eigenvalue weighted by atomic mass is 16.5. The van der Waals surface area contributed by atoms with Crippen molar-refractivity contribution in [1.82, 2.24) is 20.3 Å². The molecule has 1 aliphatic heterocycles. The van der Waals surface area contributed by atoms with Crippen LogP contribution in [-0.4, -0.2) is 46.1 Å². The topological polar surface area (TPSA) is 106 Å². The highest BCUT2D eigenvalue weighted by Crippen LogP contribution is 2.17. The maximum absolute atomic E-state index is 11.6. The Kier molecular flexibility index (Phi) is 3.68. The molecule has 1 aromatic heterocycles. The number of ether oxygens (including phenoxy) is 1. The molecule has 1 saturated heterocycles.